The topological polar surface area (TPSA) is 62.0 Å². The molecule has 1 fully saturated rings. The van der Waals surface area contributed by atoms with Crippen molar-refractivity contribution in [2.24, 2.45) is 0 Å². The van der Waals surface area contributed by atoms with Crippen LogP contribution in [0.25, 0.3) is 22.2 Å². The lowest BCUT2D eigenvalue weighted by Gasteiger charge is -2.29. The molecule has 0 atom stereocenters. The van der Waals surface area contributed by atoms with Crippen LogP contribution in [0.15, 0.2) is 36.7 Å². The highest BCUT2D eigenvalue weighted by Crippen LogP contribution is 2.31. The third kappa shape index (κ3) is 3.32. The summed E-state index contributed by atoms with van der Waals surface area (Å²) in [5.74, 6) is -1.45. The molecule has 1 aliphatic rings. The van der Waals surface area contributed by atoms with Gasteiger partial charge in [0.05, 0.1) is 36.9 Å². The first-order valence-electron chi connectivity index (χ1n) is 8.60. The van der Waals surface area contributed by atoms with Crippen molar-refractivity contribution < 1.29 is 13.5 Å². The Kier molecular flexibility index (Phi) is 4.65. The zero-order chi connectivity index (χ0) is 18.8. The number of morpholine rings is 1. The average Bonchev–Trinajstić information content (AvgIpc) is 2.70. The molecule has 0 aliphatic carbocycles. The summed E-state index contributed by atoms with van der Waals surface area (Å²) >= 11 is 0. The zero-order valence-corrected chi connectivity index (χ0v) is 14.5. The number of nitrogens with zero attached hydrogens (tertiary/aromatic N) is 4. The molecular formula is C20H16F2N4O. The summed E-state index contributed by atoms with van der Waals surface area (Å²) in [6, 6.07) is 9.78. The summed E-state index contributed by atoms with van der Waals surface area (Å²) in [5.41, 5.74) is 2.37. The summed E-state index contributed by atoms with van der Waals surface area (Å²) in [6.45, 7) is 2.95. The van der Waals surface area contributed by atoms with E-state index in [1.807, 2.05) is 24.3 Å². The quantitative estimate of drug-likeness (QED) is 0.710. The van der Waals surface area contributed by atoms with Crippen molar-refractivity contribution in [3.63, 3.8) is 0 Å². The first-order valence-corrected chi connectivity index (χ1v) is 8.60. The van der Waals surface area contributed by atoms with Gasteiger partial charge in [0.15, 0.2) is 0 Å². The number of benzene rings is 2. The van der Waals surface area contributed by atoms with Crippen LogP contribution >= 0.6 is 0 Å². The van der Waals surface area contributed by atoms with Crippen LogP contribution in [0.2, 0.25) is 0 Å². The number of halogens is 2. The largest absolute Gasteiger partial charge is 0.378 e. The second kappa shape index (κ2) is 7.25. The van der Waals surface area contributed by atoms with E-state index in [9.17, 15) is 8.78 Å². The third-order valence-electron chi connectivity index (χ3n) is 4.66. The van der Waals surface area contributed by atoms with Gasteiger partial charge < -0.3 is 9.64 Å². The summed E-state index contributed by atoms with van der Waals surface area (Å²) in [7, 11) is 0. The van der Waals surface area contributed by atoms with Crippen molar-refractivity contribution in [1.82, 2.24) is 9.97 Å². The summed E-state index contributed by atoms with van der Waals surface area (Å²) < 4.78 is 33.7. The molecule has 0 amide bonds. The number of fused-ring (bicyclic) bond motifs is 1. The van der Waals surface area contributed by atoms with Crippen LogP contribution in [0.1, 0.15) is 5.56 Å². The molecule has 27 heavy (non-hydrogen) atoms. The van der Waals surface area contributed by atoms with E-state index in [1.54, 1.807) is 0 Å². The minimum Gasteiger partial charge on any atom is -0.378 e. The highest BCUT2D eigenvalue weighted by atomic mass is 19.1. The van der Waals surface area contributed by atoms with Crippen LogP contribution in [-0.4, -0.2) is 36.3 Å². The molecule has 7 heteroatoms. The molecule has 1 saturated heterocycles. The maximum absolute atomic E-state index is 14.4. The molecule has 4 rings (SSSR count). The lowest BCUT2D eigenvalue weighted by molar-refractivity contribution is 0.122. The molecule has 0 unspecified atom stereocenters. The van der Waals surface area contributed by atoms with Gasteiger partial charge in [-0.25, -0.2) is 18.7 Å². The predicted octanol–water partition coefficient (Wildman–Crippen LogP) is 3.48. The normalized spacial score (nSPS) is 14.3. The van der Waals surface area contributed by atoms with Gasteiger partial charge in [0.1, 0.15) is 18.0 Å². The fourth-order valence-electron chi connectivity index (χ4n) is 3.27. The van der Waals surface area contributed by atoms with Crippen LogP contribution in [0.5, 0.6) is 0 Å². The monoisotopic (exact) mass is 366 g/mol. The van der Waals surface area contributed by atoms with Gasteiger partial charge in [-0.1, -0.05) is 0 Å². The Morgan fingerprint density at radius 3 is 2.67 bits per heavy atom. The number of hydrogen-bond donors (Lipinski definition) is 0. The van der Waals surface area contributed by atoms with Crippen LogP contribution in [0.3, 0.4) is 0 Å². The molecule has 0 bridgehead atoms. The number of anilines is 1. The van der Waals surface area contributed by atoms with Crippen LogP contribution < -0.4 is 4.90 Å². The first-order chi connectivity index (χ1) is 13.2. The smallest absolute Gasteiger partial charge is 0.135 e. The highest BCUT2D eigenvalue weighted by molar-refractivity contribution is 5.94. The lowest BCUT2D eigenvalue weighted by Crippen LogP contribution is -2.36. The van der Waals surface area contributed by atoms with E-state index < -0.39 is 11.6 Å². The van der Waals surface area contributed by atoms with Crippen molar-refractivity contribution in [2.75, 3.05) is 31.2 Å². The average molecular weight is 366 g/mol. The van der Waals surface area contributed by atoms with Gasteiger partial charge >= 0.3 is 0 Å². The highest BCUT2D eigenvalue weighted by Gasteiger charge is 2.17. The maximum Gasteiger partial charge on any atom is 0.135 e. The van der Waals surface area contributed by atoms with Crippen molar-refractivity contribution in [3.05, 3.63) is 53.9 Å². The zero-order valence-electron chi connectivity index (χ0n) is 14.5. The van der Waals surface area contributed by atoms with E-state index in [0.717, 1.165) is 24.8 Å². The molecular weight excluding hydrogens is 350 g/mol. The van der Waals surface area contributed by atoms with Gasteiger partial charge in [0, 0.05) is 41.4 Å². The lowest BCUT2D eigenvalue weighted by atomic mass is 10.0. The first kappa shape index (κ1) is 17.3. The Labute approximate surface area is 154 Å². The summed E-state index contributed by atoms with van der Waals surface area (Å²) in [6.07, 6.45) is 1.23. The number of ether oxygens (including phenoxy) is 1. The summed E-state index contributed by atoms with van der Waals surface area (Å²) in [4.78, 5) is 10.7. The van der Waals surface area contributed by atoms with Gasteiger partial charge in [-0.3, -0.25) is 0 Å². The van der Waals surface area contributed by atoms with Crippen LogP contribution in [0, 0.1) is 23.0 Å². The van der Waals surface area contributed by atoms with Gasteiger partial charge in [-0.15, -0.1) is 0 Å². The Balaban J connectivity index is 1.81. The molecule has 2 aromatic carbocycles. The van der Waals surface area contributed by atoms with E-state index >= 15 is 0 Å². The molecule has 2 heterocycles. The Morgan fingerprint density at radius 2 is 1.89 bits per heavy atom. The molecule has 136 valence electrons. The maximum atomic E-state index is 14.4. The predicted molar refractivity (Wildman–Crippen MR) is 97.2 cm³/mol. The third-order valence-corrected chi connectivity index (χ3v) is 4.66. The molecule has 1 aromatic heterocycles. The Morgan fingerprint density at radius 1 is 1.07 bits per heavy atom. The number of hydrogen-bond acceptors (Lipinski definition) is 5. The molecule has 1 aliphatic heterocycles. The van der Waals surface area contributed by atoms with Crippen molar-refractivity contribution in [1.29, 1.82) is 5.26 Å². The molecule has 0 saturated carbocycles. The number of nitriles is 1. The van der Waals surface area contributed by atoms with Gasteiger partial charge in [-0.2, -0.15) is 5.26 Å². The van der Waals surface area contributed by atoms with E-state index in [1.165, 1.54) is 12.4 Å². The fraction of sp³-hybridized carbons (Fsp3) is 0.250. The van der Waals surface area contributed by atoms with Crippen molar-refractivity contribution >= 4 is 16.6 Å². The van der Waals surface area contributed by atoms with Crippen molar-refractivity contribution in [2.45, 2.75) is 6.42 Å². The fourth-order valence-corrected chi connectivity index (χ4v) is 3.27. The molecule has 3 aromatic rings. The van der Waals surface area contributed by atoms with E-state index in [4.69, 9.17) is 10.00 Å². The van der Waals surface area contributed by atoms with Gasteiger partial charge in [-0.05, 0) is 24.3 Å². The van der Waals surface area contributed by atoms with Gasteiger partial charge in [0.25, 0.3) is 0 Å². The standard InChI is InChI=1S/C20H16F2N4O/c21-17-11-18(22)16(9-13(17)3-4-23)20-15-2-1-14(10-19(15)24-12-25-20)26-5-7-27-8-6-26/h1-2,9-12H,3,5-8H2. The Hall–Kier alpha value is -3.11. The van der Waals surface area contributed by atoms with E-state index in [2.05, 4.69) is 14.9 Å². The molecule has 5 nitrogen and oxygen atoms in total. The van der Waals surface area contributed by atoms with Crippen LogP contribution in [0.4, 0.5) is 14.5 Å². The number of rotatable bonds is 3. The molecule has 0 radical (unpaired) electrons. The van der Waals surface area contributed by atoms with E-state index in [-0.39, 0.29) is 17.5 Å². The second-order valence-corrected chi connectivity index (χ2v) is 6.28. The van der Waals surface area contributed by atoms with Crippen molar-refractivity contribution in [3.8, 4) is 17.3 Å². The molecule has 0 spiro atoms. The molecule has 0 N–H and O–H groups in total. The second-order valence-electron chi connectivity index (χ2n) is 6.28. The summed E-state index contributed by atoms with van der Waals surface area (Å²) in [5, 5.41) is 9.52. The Bertz CT molecular complexity index is 1040. The number of aromatic nitrogens is 2. The van der Waals surface area contributed by atoms with E-state index in [0.29, 0.717) is 29.8 Å². The van der Waals surface area contributed by atoms with Gasteiger partial charge in [0.2, 0.25) is 0 Å². The SMILES string of the molecule is N#CCc1cc(-c2ncnc3cc(N4CCOCC4)ccc23)c(F)cc1F. The minimum absolute atomic E-state index is 0.136. The minimum atomic E-state index is -0.731. The van der Waals surface area contributed by atoms with Crippen LogP contribution in [-0.2, 0) is 11.2 Å².